The number of aromatic amines is 2. The molecule has 0 unspecified atom stereocenters. The van der Waals surface area contributed by atoms with Crippen molar-refractivity contribution in [2.75, 3.05) is 33.3 Å². The van der Waals surface area contributed by atoms with Gasteiger partial charge in [0.25, 0.3) is 23.2 Å². The van der Waals surface area contributed by atoms with Crippen LogP contribution in [0.2, 0.25) is 0 Å². The van der Waals surface area contributed by atoms with Crippen molar-refractivity contribution < 1.29 is 19.1 Å². The molecule has 0 atom stereocenters. The molecule has 0 aromatic carbocycles. The molecule has 9 nitrogen and oxygen atoms in total. The third-order valence-corrected chi connectivity index (χ3v) is 4.97. The molecule has 210 valence electrons. The van der Waals surface area contributed by atoms with E-state index in [0.717, 1.165) is 0 Å². The highest BCUT2D eigenvalue weighted by Gasteiger charge is 2.31. The zero-order chi connectivity index (χ0) is 29.3. The van der Waals surface area contributed by atoms with Crippen molar-refractivity contribution in [1.82, 2.24) is 19.8 Å². The summed E-state index contributed by atoms with van der Waals surface area (Å²) in [5.41, 5.74) is 0.221. The number of allylic oxidation sites excluding steroid dienone is 2. The molecular weight excluding hydrogens is 484 g/mol. The monoisotopic (exact) mass is 528 g/mol. The van der Waals surface area contributed by atoms with Crippen LogP contribution in [0, 0.1) is 0 Å². The van der Waals surface area contributed by atoms with Crippen LogP contribution < -0.4 is 10.3 Å². The number of carbonyl (C=O) groups is 3. The third kappa shape index (κ3) is 8.90. The fourth-order valence-electron chi connectivity index (χ4n) is 3.38. The number of pyridine rings is 1. The van der Waals surface area contributed by atoms with E-state index in [2.05, 4.69) is 50.8 Å². The Hall–Kier alpha value is -3.88. The minimum Gasteiger partial charge on any atom is -0.494 e. The number of hydrogen-bond donors (Lipinski definition) is 2. The van der Waals surface area contributed by atoms with Gasteiger partial charge in [0.1, 0.15) is 11.3 Å². The molecule has 3 rings (SSSR count). The molecule has 2 aromatic heterocycles. The number of nitrogens with zero attached hydrogens (tertiary/aromatic N) is 2. The van der Waals surface area contributed by atoms with Crippen LogP contribution >= 0.6 is 0 Å². The lowest BCUT2D eigenvalue weighted by Gasteiger charge is -2.34. The summed E-state index contributed by atoms with van der Waals surface area (Å²) in [6, 6.07) is 0. The van der Waals surface area contributed by atoms with Crippen molar-refractivity contribution in [3.63, 3.8) is 0 Å². The van der Waals surface area contributed by atoms with Crippen LogP contribution in [-0.2, 0) is 9.59 Å². The van der Waals surface area contributed by atoms with Crippen molar-refractivity contribution in [1.29, 1.82) is 0 Å². The highest BCUT2D eigenvalue weighted by atomic mass is 16.5. The van der Waals surface area contributed by atoms with Gasteiger partial charge in [-0.15, -0.1) is 0 Å². The second kappa shape index (κ2) is 18.4. The number of ketones is 1. The fraction of sp³-hybridized carbons (Fsp3) is 0.448. The Kier molecular flexibility index (Phi) is 16.5. The van der Waals surface area contributed by atoms with Crippen molar-refractivity contribution in [3.05, 3.63) is 65.3 Å². The van der Waals surface area contributed by atoms with Gasteiger partial charge in [0.2, 0.25) is 0 Å². The van der Waals surface area contributed by atoms with Gasteiger partial charge >= 0.3 is 0 Å². The van der Waals surface area contributed by atoms with Crippen LogP contribution in [0.15, 0.2) is 54.1 Å². The minimum atomic E-state index is -0.747. The van der Waals surface area contributed by atoms with Gasteiger partial charge in [0.15, 0.2) is 0 Å². The quantitative estimate of drug-likeness (QED) is 0.240. The van der Waals surface area contributed by atoms with Crippen molar-refractivity contribution >= 4 is 28.5 Å². The lowest BCUT2D eigenvalue weighted by molar-refractivity contribution is -0.134. The van der Waals surface area contributed by atoms with Crippen LogP contribution in [0.5, 0.6) is 5.75 Å². The first-order valence-corrected chi connectivity index (χ1v) is 13.1. The Morgan fingerprint density at radius 1 is 0.921 bits per heavy atom. The van der Waals surface area contributed by atoms with Crippen LogP contribution in [0.3, 0.4) is 0 Å². The van der Waals surface area contributed by atoms with E-state index in [-0.39, 0.29) is 54.3 Å². The van der Waals surface area contributed by atoms with Gasteiger partial charge in [0, 0.05) is 44.1 Å². The van der Waals surface area contributed by atoms with Crippen molar-refractivity contribution in [2.45, 2.75) is 54.4 Å². The van der Waals surface area contributed by atoms with Gasteiger partial charge in [-0.2, -0.15) is 0 Å². The Bertz CT molecular complexity index is 1150. The Labute approximate surface area is 226 Å². The minimum absolute atomic E-state index is 0.0688. The second-order valence-electron chi connectivity index (χ2n) is 8.03. The van der Waals surface area contributed by atoms with E-state index in [1.54, 1.807) is 11.0 Å². The maximum atomic E-state index is 12.9. The molecule has 3 heterocycles. The molecule has 1 saturated heterocycles. The zero-order valence-electron chi connectivity index (χ0n) is 24.0. The number of rotatable bonds is 6. The first-order valence-electron chi connectivity index (χ1n) is 13.1. The van der Waals surface area contributed by atoms with Crippen LogP contribution in [0.1, 0.15) is 64.7 Å². The molecule has 2 amide bonds. The number of Topliss-reactive ketones (excluding diaryl/α,β-unsaturated/α-hetero) is 1. The summed E-state index contributed by atoms with van der Waals surface area (Å²) < 4.78 is 5.22. The average Bonchev–Trinajstić information content (AvgIpc) is 3.39. The van der Waals surface area contributed by atoms with Gasteiger partial charge in [-0.1, -0.05) is 85.8 Å². The molecule has 0 spiro atoms. The summed E-state index contributed by atoms with van der Waals surface area (Å²) in [5.74, 6) is -1.37. The van der Waals surface area contributed by atoms with E-state index in [0.29, 0.717) is 5.57 Å². The summed E-state index contributed by atoms with van der Waals surface area (Å²) in [4.78, 5) is 58.3. The highest BCUT2D eigenvalue weighted by Crippen LogP contribution is 2.26. The molecule has 1 aliphatic rings. The molecule has 9 heteroatoms. The molecule has 2 N–H and O–H groups in total. The molecular formula is C29H44N4O5. The van der Waals surface area contributed by atoms with Gasteiger partial charge in [-0.25, -0.2) is 0 Å². The first-order chi connectivity index (χ1) is 18.2. The third-order valence-electron chi connectivity index (χ3n) is 4.97. The smallest absolute Gasteiger partial charge is 0.295 e. The molecule has 1 fully saturated rings. The topological polar surface area (TPSA) is 116 Å². The number of carbonyl (C=O) groups excluding carboxylic acids is 3. The van der Waals surface area contributed by atoms with E-state index in [4.69, 9.17) is 4.74 Å². The van der Waals surface area contributed by atoms with E-state index in [9.17, 15) is 19.2 Å². The molecule has 0 saturated carbocycles. The number of hydrogen-bond acceptors (Lipinski definition) is 5. The maximum Gasteiger partial charge on any atom is 0.295 e. The molecule has 2 aromatic rings. The SMILES string of the molecule is C=C/C=C(\C=C)C(=O)N1CCN(C(=O)C(=O)c2c[nH]c3c(=O)[nH]cc(OC)c23)CC1.CC.CCC.CCC. The molecule has 38 heavy (non-hydrogen) atoms. The Morgan fingerprint density at radius 3 is 1.87 bits per heavy atom. The Balaban J connectivity index is 0.00000153. The van der Waals surface area contributed by atoms with Gasteiger partial charge in [0.05, 0.1) is 18.1 Å². The predicted molar refractivity (Wildman–Crippen MR) is 155 cm³/mol. The summed E-state index contributed by atoms with van der Waals surface area (Å²) in [5, 5.41) is 0.263. The number of nitrogens with one attached hydrogen (secondary N) is 2. The average molecular weight is 529 g/mol. The fourth-order valence-corrected chi connectivity index (χ4v) is 3.38. The molecule has 0 aliphatic carbocycles. The summed E-state index contributed by atoms with van der Waals surface area (Å²) in [7, 11) is 1.41. The standard InChI is InChI=1S/C21H22N4O5.2C3H8.C2H6/c1-4-6-13(5-2)20(28)24-7-9-25(10-8-24)21(29)18(26)14-11-22-17-16(14)15(30-3)12-23-19(17)27;2*1-3-2;1-2/h4-6,11-12,22H,1-2,7-10H2,3H3,(H,23,27);2*3H2,1-2H3;1-2H3/b13-6+;;;. The summed E-state index contributed by atoms with van der Waals surface area (Å²) in [6.45, 7) is 20.7. The zero-order valence-corrected chi connectivity index (χ0v) is 24.0. The maximum absolute atomic E-state index is 12.9. The number of aromatic nitrogens is 2. The number of methoxy groups -OCH3 is 1. The van der Waals surface area contributed by atoms with Crippen LogP contribution in [-0.4, -0.2) is 70.7 Å². The van der Waals surface area contributed by atoms with Crippen molar-refractivity contribution in [3.8, 4) is 5.75 Å². The van der Waals surface area contributed by atoms with E-state index >= 15 is 0 Å². The summed E-state index contributed by atoms with van der Waals surface area (Å²) in [6.07, 6.45) is 9.71. The number of amides is 2. The van der Waals surface area contributed by atoms with Gasteiger partial charge in [-0.3, -0.25) is 19.2 Å². The lowest BCUT2D eigenvalue weighted by atomic mass is 10.1. The van der Waals surface area contributed by atoms with E-state index < -0.39 is 17.2 Å². The molecule has 0 bridgehead atoms. The largest absolute Gasteiger partial charge is 0.494 e. The normalized spacial score (nSPS) is 12.6. The lowest BCUT2D eigenvalue weighted by Crippen LogP contribution is -2.52. The number of piperazine rings is 1. The van der Waals surface area contributed by atoms with Crippen LogP contribution in [0.25, 0.3) is 10.9 Å². The number of H-pyrrole nitrogens is 2. The van der Waals surface area contributed by atoms with Crippen LogP contribution in [0.4, 0.5) is 0 Å². The van der Waals surface area contributed by atoms with E-state index in [1.165, 1.54) is 49.4 Å². The van der Waals surface area contributed by atoms with E-state index in [1.807, 2.05) is 13.8 Å². The molecule has 0 radical (unpaired) electrons. The van der Waals surface area contributed by atoms with Crippen molar-refractivity contribution in [2.24, 2.45) is 0 Å². The second-order valence-corrected chi connectivity index (χ2v) is 8.03. The number of ether oxygens (including phenoxy) is 1. The first kappa shape index (κ1) is 34.1. The molecule has 1 aliphatic heterocycles. The summed E-state index contributed by atoms with van der Waals surface area (Å²) >= 11 is 0. The van der Waals surface area contributed by atoms with Gasteiger partial charge < -0.3 is 24.5 Å². The highest BCUT2D eigenvalue weighted by molar-refractivity contribution is 6.45. The predicted octanol–water partition coefficient (Wildman–Crippen LogP) is 4.88. The Morgan fingerprint density at radius 2 is 1.42 bits per heavy atom. The number of fused-ring (bicyclic) bond motifs is 1. The van der Waals surface area contributed by atoms with Gasteiger partial charge in [-0.05, 0) is 0 Å².